The lowest BCUT2D eigenvalue weighted by Gasteiger charge is -2.37. The predicted molar refractivity (Wildman–Crippen MR) is 119 cm³/mol. The number of morpholine rings is 1. The van der Waals surface area contributed by atoms with E-state index >= 15 is 0 Å². The van der Waals surface area contributed by atoms with Gasteiger partial charge in [0.25, 0.3) is 5.91 Å². The third-order valence-corrected chi connectivity index (χ3v) is 6.86. The summed E-state index contributed by atoms with van der Waals surface area (Å²) in [5, 5.41) is 5.22. The molecule has 30 heavy (non-hydrogen) atoms. The molecule has 2 aliphatic rings. The van der Waals surface area contributed by atoms with Crippen LogP contribution in [0, 0.1) is 0 Å². The van der Waals surface area contributed by atoms with Gasteiger partial charge in [-0.15, -0.1) is 11.3 Å². The minimum Gasteiger partial charge on any atom is -0.376 e. The molecule has 1 aromatic heterocycles. The van der Waals surface area contributed by atoms with Crippen LogP contribution < -0.4 is 10.2 Å². The number of amides is 2. The molecule has 1 fully saturated rings. The number of hydrogen-bond donors (Lipinski definition) is 1. The van der Waals surface area contributed by atoms with E-state index in [2.05, 4.69) is 34.7 Å². The topological polar surface area (TPSA) is 61.9 Å². The van der Waals surface area contributed by atoms with Gasteiger partial charge in [0, 0.05) is 48.7 Å². The number of carbonyl (C=O) groups excluding carboxylic acids is 2. The van der Waals surface area contributed by atoms with E-state index < -0.39 is 0 Å². The van der Waals surface area contributed by atoms with Gasteiger partial charge in [-0.2, -0.15) is 0 Å². The maximum Gasteiger partial charge on any atom is 0.251 e. The lowest BCUT2D eigenvalue weighted by atomic mass is 10.1. The first kappa shape index (κ1) is 21.0. The first-order valence-corrected chi connectivity index (χ1v) is 11.5. The van der Waals surface area contributed by atoms with E-state index in [1.807, 2.05) is 30.0 Å². The van der Waals surface area contributed by atoms with Gasteiger partial charge in [0.1, 0.15) is 0 Å². The highest BCUT2D eigenvalue weighted by Gasteiger charge is 2.28. The van der Waals surface area contributed by atoms with Crippen LogP contribution in [0.15, 0.2) is 35.7 Å². The fourth-order valence-corrected chi connectivity index (χ4v) is 5.16. The van der Waals surface area contributed by atoms with Crippen LogP contribution in [0.2, 0.25) is 0 Å². The summed E-state index contributed by atoms with van der Waals surface area (Å²) in [4.78, 5) is 30.5. The molecule has 2 aliphatic heterocycles. The van der Waals surface area contributed by atoms with E-state index in [0.717, 1.165) is 37.4 Å². The number of carbonyl (C=O) groups is 2. The van der Waals surface area contributed by atoms with Gasteiger partial charge in [0.2, 0.25) is 5.91 Å². The number of nitrogens with zero attached hydrogens (tertiary/aromatic N) is 2. The molecule has 0 spiro atoms. The maximum absolute atomic E-state index is 12.9. The van der Waals surface area contributed by atoms with E-state index in [-0.39, 0.29) is 24.0 Å². The first-order chi connectivity index (χ1) is 14.6. The molecule has 2 atom stereocenters. The van der Waals surface area contributed by atoms with E-state index in [1.165, 1.54) is 4.88 Å². The third-order valence-electron chi connectivity index (χ3n) is 5.88. The van der Waals surface area contributed by atoms with Crippen molar-refractivity contribution >= 4 is 28.8 Å². The highest BCUT2D eigenvalue weighted by atomic mass is 32.1. The van der Waals surface area contributed by atoms with Crippen molar-refractivity contribution < 1.29 is 14.3 Å². The summed E-state index contributed by atoms with van der Waals surface area (Å²) in [5.41, 5.74) is 2.67. The highest BCUT2D eigenvalue weighted by Crippen LogP contribution is 2.30. The minimum atomic E-state index is -0.0686. The zero-order chi connectivity index (χ0) is 21.1. The van der Waals surface area contributed by atoms with E-state index in [4.69, 9.17) is 4.74 Å². The Bertz CT molecular complexity index is 899. The van der Waals surface area contributed by atoms with Gasteiger partial charge in [0.15, 0.2) is 0 Å². The van der Waals surface area contributed by atoms with Crippen molar-refractivity contribution in [2.45, 2.75) is 38.8 Å². The van der Waals surface area contributed by atoms with Crippen LogP contribution in [0.5, 0.6) is 0 Å². The van der Waals surface area contributed by atoms with Crippen LogP contribution >= 0.6 is 11.3 Å². The quantitative estimate of drug-likeness (QED) is 0.769. The highest BCUT2D eigenvalue weighted by molar-refractivity contribution is 7.10. The summed E-state index contributed by atoms with van der Waals surface area (Å²) in [5.74, 6) is 0.0606. The van der Waals surface area contributed by atoms with Crippen molar-refractivity contribution in [1.82, 2.24) is 10.2 Å². The standard InChI is InChI=1S/C23H29N3O3S/c1-3-22(27)26-9-8-17-13-18(6-7-19(17)26)23(28)24-14-20(21-5-4-12-30-21)25-10-11-29-16(2)15-25/h4-7,12-13,16,20H,3,8-11,14-15H2,1-2H3,(H,24,28)/t16-,20-/m0/s1. The van der Waals surface area contributed by atoms with Crippen LogP contribution in [-0.2, 0) is 16.0 Å². The van der Waals surface area contributed by atoms with Crippen molar-refractivity contribution in [3.8, 4) is 0 Å². The number of anilines is 1. The Morgan fingerprint density at radius 1 is 1.30 bits per heavy atom. The number of benzene rings is 1. The zero-order valence-electron chi connectivity index (χ0n) is 17.6. The number of rotatable bonds is 6. The zero-order valence-corrected chi connectivity index (χ0v) is 18.4. The first-order valence-electron chi connectivity index (χ1n) is 10.7. The molecular formula is C23H29N3O3S. The SMILES string of the molecule is CCC(=O)N1CCc2cc(C(=O)NC[C@@H](c3cccs3)N3CCO[C@@H](C)C3)ccc21. The molecule has 2 aromatic rings. The Morgan fingerprint density at radius 2 is 2.17 bits per heavy atom. The minimum absolute atomic E-state index is 0.0686. The molecule has 0 radical (unpaired) electrons. The average molecular weight is 428 g/mol. The molecular weight excluding hydrogens is 398 g/mol. The molecule has 1 saturated heterocycles. The molecule has 6 nitrogen and oxygen atoms in total. The van der Waals surface area contributed by atoms with E-state index in [9.17, 15) is 9.59 Å². The van der Waals surface area contributed by atoms with Gasteiger partial charge in [-0.3, -0.25) is 14.5 Å². The second-order valence-corrected chi connectivity index (χ2v) is 8.89. The smallest absolute Gasteiger partial charge is 0.251 e. The van der Waals surface area contributed by atoms with Gasteiger partial charge in [-0.1, -0.05) is 13.0 Å². The van der Waals surface area contributed by atoms with Crippen LogP contribution in [0.4, 0.5) is 5.69 Å². The molecule has 2 amide bonds. The normalized spacial score (nSPS) is 20.1. The Kier molecular flexibility index (Phi) is 6.51. The summed E-state index contributed by atoms with van der Waals surface area (Å²) >= 11 is 1.72. The van der Waals surface area contributed by atoms with Gasteiger partial charge < -0.3 is 15.0 Å². The number of nitrogens with one attached hydrogen (secondary N) is 1. The Hall–Kier alpha value is -2.22. The summed E-state index contributed by atoms with van der Waals surface area (Å²) < 4.78 is 5.69. The van der Waals surface area contributed by atoms with Crippen molar-refractivity contribution in [2.24, 2.45) is 0 Å². The summed E-state index contributed by atoms with van der Waals surface area (Å²) in [6.45, 7) is 7.66. The van der Waals surface area contributed by atoms with Crippen LogP contribution in [0.25, 0.3) is 0 Å². The summed E-state index contributed by atoms with van der Waals surface area (Å²) in [7, 11) is 0. The molecule has 0 bridgehead atoms. The molecule has 1 N–H and O–H groups in total. The fourth-order valence-electron chi connectivity index (χ4n) is 4.30. The van der Waals surface area contributed by atoms with Gasteiger partial charge >= 0.3 is 0 Å². The largest absolute Gasteiger partial charge is 0.376 e. The van der Waals surface area contributed by atoms with Crippen molar-refractivity contribution in [2.75, 3.05) is 37.7 Å². The molecule has 160 valence electrons. The average Bonchev–Trinajstić information content (AvgIpc) is 3.43. The fraction of sp³-hybridized carbons (Fsp3) is 0.478. The lowest BCUT2D eigenvalue weighted by molar-refractivity contribution is -0.118. The van der Waals surface area contributed by atoms with Crippen molar-refractivity contribution in [3.63, 3.8) is 0 Å². The molecule has 3 heterocycles. The second kappa shape index (κ2) is 9.29. The monoisotopic (exact) mass is 427 g/mol. The molecule has 1 aromatic carbocycles. The van der Waals surface area contributed by atoms with Crippen LogP contribution in [0.1, 0.15) is 47.1 Å². The third kappa shape index (κ3) is 4.43. The molecule has 0 aliphatic carbocycles. The maximum atomic E-state index is 12.9. The van der Waals surface area contributed by atoms with Gasteiger partial charge in [-0.25, -0.2) is 0 Å². The number of hydrogen-bond acceptors (Lipinski definition) is 5. The number of ether oxygens (including phenoxy) is 1. The van der Waals surface area contributed by atoms with Gasteiger partial charge in [0.05, 0.1) is 18.8 Å². The van der Waals surface area contributed by atoms with Crippen LogP contribution in [0.3, 0.4) is 0 Å². The Morgan fingerprint density at radius 3 is 2.90 bits per heavy atom. The second-order valence-electron chi connectivity index (χ2n) is 7.91. The summed E-state index contributed by atoms with van der Waals surface area (Å²) in [6.07, 6.45) is 1.49. The van der Waals surface area contributed by atoms with E-state index in [0.29, 0.717) is 25.1 Å². The Balaban J connectivity index is 1.44. The molecule has 0 saturated carbocycles. The number of thiophene rings is 1. The predicted octanol–water partition coefficient (Wildman–Crippen LogP) is 3.24. The Labute approximate surface area is 181 Å². The van der Waals surface area contributed by atoms with E-state index in [1.54, 1.807) is 11.3 Å². The molecule has 0 unspecified atom stereocenters. The summed E-state index contributed by atoms with van der Waals surface area (Å²) in [6, 6.07) is 10.0. The van der Waals surface area contributed by atoms with Crippen LogP contribution in [-0.4, -0.2) is 55.6 Å². The van der Waals surface area contributed by atoms with Crippen molar-refractivity contribution in [1.29, 1.82) is 0 Å². The molecule has 4 rings (SSSR count). The lowest BCUT2D eigenvalue weighted by Crippen LogP contribution is -2.46. The van der Waals surface area contributed by atoms with Crippen molar-refractivity contribution in [3.05, 3.63) is 51.7 Å². The van der Waals surface area contributed by atoms with Gasteiger partial charge in [-0.05, 0) is 48.6 Å². The molecule has 7 heteroatoms. The number of fused-ring (bicyclic) bond motifs is 1.